The molecule has 9 nitrogen and oxygen atoms in total. The number of hydrogen-bond donors (Lipinski definition) is 1. The molecule has 0 unspecified atom stereocenters. The Bertz CT molecular complexity index is 1760. The lowest BCUT2D eigenvalue weighted by Crippen LogP contribution is -2.56. The molecule has 1 N–H and O–H groups in total. The molecular formula is C37H43N3O6S. The number of ether oxygens (including phenoxy) is 2. The molecular weight excluding hydrogens is 614 g/mol. The van der Waals surface area contributed by atoms with Crippen molar-refractivity contribution < 1.29 is 27.5 Å². The van der Waals surface area contributed by atoms with Gasteiger partial charge >= 0.3 is 0 Å². The molecule has 0 aliphatic carbocycles. The Morgan fingerprint density at radius 1 is 0.809 bits per heavy atom. The zero-order valence-corrected chi connectivity index (χ0v) is 28.6. The number of amides is 2. The van der Waals surface area contributed by atoms with Crippen LogP contribution in [0.3, 0.4) is 0 Å². The standard InChI is InChI=1S/C37H43N3O6S/c1-27-17-19-29(20-18-27)25-39(33(36(42)38-37(2,3)4)23-28-13-9-7-10-14-28)35(41)26-40(47(43,44)31-15-11-8-12-16-31)32-24-30(45-5)21-22-34(32)46-6/h7-22,24,33H,23,25-26H2,1-6H3,(H,38,42)/t33-/m0/s1. The van der Waals surface area contributed by atoms with E-state index in [2.05, 4.69) is 5.32 Å². The van der Waals surface area contributed by atoms with Gasteiger partial charge in [0.2, 0.25) is 11.8 Å². The fraction of sp³-hybridized carbons (Fsp3) is 0.297. The topological polar surface area (TPSA) is 105 Å². The summed E-state index contributed by atoms with van der Waals surface area (Å²) in [4.78, 5) is 30.2. The zero-order valence-electron chi connectivity index (χ0n) is 27.8. The summed E-state index contributed by atoms with van der Waals surface area (Å²) >= 11 is 0. The summed E-state index contributed by atoms with van der Waals surface area (Å²) < 4.78 is 40.7. The van der Waals surface area contributed by atoms with Crippen LogP contribution in [0.25, 0.3) is 0 Å². The van der Waals surface area contributed by atoms with Crippen LogP contribution in [0.2, 0.25) is 0 Å². The molecule has 0 aliphatic heterocycles. The number of carbonyl (C=O) groups excluding carboxylic acids is 2. The van der Waals surface area contributed by atoms with Crippen molar-refractivity contribution in [3.8, 4) is 11.5 Å². The minimum Gasteiger partial charge on any atom is -0.497 e. The number of methoxy groups -OCH3 is 2. The van der Waals surface area contributed by atoms with Crippen molar-refractivity contribution in [1.82, 2.24) is 10.2 Å². The van der Waals surface area contributed by atoms with E-state index >= 15 is 0 Å². The van der Waals surface area contributed by atoms with Crippen molar-refractivity contribution in [1.29, 1.82) is 0 Å². The summed E-state index contributed by atoms with van der Waals surface area (Å²) in [7, 11) is -1.40. The van der Waals surface area contributed by atoms with Crippen LogP contribution in [0.5, 0.6) is 11.5 Å². The van der Waals surface area contributed by atoms with Crippen molar-refractivity contribution in [3.63, 3.8) is 0 Å². The minimum atomic E-state index is -4.30. The molecule has 47 heavy (non-hydrogen) atoms. The largest absolute Gasteiger partial charge is 0.497 e. The van der Waals surface area contributed by atoms with Gasteiger partial charge in [-0.15, -0.1) is 0 Å². The third-order valence-electron chi connectivity index (χ3n) is 7.51. The summed E-state index contributed by atoms with van der Waals surface area (Å²) in [6.07, 6.45) is 0.217. The van der Waals surface area contributed by atoms with Gasteiger partial charge in [-0.05, 0) is 63.1 Å². The van der Waals surface area contributed by atoms with E-state index < -0.39 is 34.1 Å². The van der Waals surface area contributed by atoms with Crippen LogP contribution in [0.4, 0.5) is 5.69 Å². The monoisotopic (exact) mass is 657 g/mol. The lowest BCUT2D eigenvalue weighted by molar-refractivity contribution is -0.140. The van der Waals surface area contributed by atoms with Crippen LogP contribution in [-0.2, 0) is 32.6 Å². The third-order valence-corrected chi connectivity index (χ3v) is 9.28. The lowest BCUT2D eigenvalue weighted by Gasteiger charge is -2.35. The number of nitrogens with one attached hydrogen (secondary N) is 1. The van der Waals surface area contributed by atoms with Crippen LogP contribution >= 0.6 is 0 Å². The van der Waals surface area contributed by atoms with Gasteiger partial charge in [0.1, 0.15) is 24.1 Å². The van der Waals surface area contributed by atoms with E-state index in [0.717, 1.165) is 21.0 Å². The molecule has 0 aromatic heterocycles. The molecule has 0 bridgehead atoms. The predicted molar refractivity (Wildman–Crippen MR) is 184 cm³/mol. The Hall–Kier alpha value is -4.83. The summed E-state index contributed by atoms with van der Waals surface area (Å²) in [5.74, 6) is -0.308. The van der Waals surface area contributed by atoms with Gasteiger partial charge in [0.15, 0.2) is 0 Å². The molecule has 0 spiro atoms. The average Bonchev–Trinajstić information content (AvgIpc) is 3.05. The number of rotatable bonds is 13. The molecule has 10 heteroatoms. The van der Waals surface area contributed by atoms with Crippen molar-refractivity contribution in [2.24, 2.45) is 0 Å². The first kappa shape index (κ1) is 35.0. The molecule has 1 atom stereocenters. The first-order valence-corrected chi connectivity index (χ1v) is 16.8. The van der Waals surface area contributed by atoms with Crippen molar-refractivity contribution in [2.75, 3.05) is 25.1 Å². The summed E-state index contributed by atoms with van der Waals surface area (Å²) in [5, 5.41) is 3.04. The Labute approximate surface area is 278 Å². The van der Waals surface area contributed by atoms with Crippen molar-refractivity contribution in [3.05, 3.63) is 120 Å². The predicted octanol–water partition coefficient (Wildman–Crippen LogP) is 5.76. The fourth-order valence-corrected chi connectivity index (χ4v) is 6.56. The molecule has 0 saturated carbocycles. The van der Waals surface area contributed by atoms with E-state index in [1.807, 2.05) is 82.3 Å². The van der Waals surface area contributed by atoms with Crippen molar-refractivity contribution >= 4 is 27.5 Å². The molecule has 4 aromatic carbocycles. The lowest BCUT2D eigenvalue weighted by atomic mass is 10.0. The number of carbonyl (C=O) groups is 2. The molecule has 248 valence electrons. The second kappa shape index (κ2) is 15.2. The third kappa shape index (κ3) is 9.13. The Morgan fingerprint density at radius 2 is 1.43 bits per heavy atom. The number of sulfonamides is 1. The van der Waals surface area contributed by atoms with Gasteiger partial charge in [0, 0.05) is 24.6 Å². The molecule has 0 radical (unpaired) electrons. The Balaban J connectivity index is 1.87. The average molecular weight is 658 g/mol. The van der Waals surface area contributed by atoms with E-state index in [1.54, 1.807) is 30.3 Å². The van der Waals surface area contributed by atoms with Gasteiger partial charge in [-0.2, -0.15) is 0 Å². The highest BCUT2D eigenvalue weighted by Gasteiger charge is 2.36. The summed E-state index contributed by atoms with van der Waals surface area (Å²) in [6.45, 7) is 7.05. The number of aryl methyl sites for hydroxylation is 1. The normalized spacial score (nSPS) is 12.1. The maximum Gasteiger partial charge on any atom is 0.264 e. The number of benzene rings is 4. The Morgan fingerprint density at radius 3 is 2.00 bits per heavy atom. The quantitative estimate of drug-likeness (QED) is 0.196. The second-order valence-corrected chi connectivity index (χ2v) is 14.2. The SMILES string of the molecule is COc1ccc(OC)c(N(CC(=O)N(Cc2ccc(C)cc2)[C@@H](Cc2ccccc2)C(=O)NC(C)(C)C)S(=O)(=O)c2ccccc2)c1. The van der Waals surface area contributed by atoms with Gasteiger partial charge in [-0.25, -0.2) is 8.42 Å². The summed E-state index contributed by atoms with van der Waals surface area (Å²) in [5.41, 5.74) is 2.23. The van der Waals surface area contributed by atoms with Crippen LogP contribution in [-0.4, -0.2) is 57.5 Å². The van der Waals surface area contributed by atoms with Gasteiger partial charge in [-0.1, -0.05) is 78.4 Å². The van der Waals surface area contributed by atoms with E-state index in [4.69, 9.17) is 9.47 Å². The van der Waals surface area contributed by atoms with Crippen LogP contribution < -0.4 is 19.1 Å². The van der Waals surface area contributed by atoms with Crippen LogP contribution in [0.15, 0.2) is 108 Å². The van der Waals surface area contributed by atoms with Gasteiger partial charge in [0.25, 0.3) is 10.0 Å². The molecule has 0 saturated heterocycles. The van der Waals surface area contributed by atoms with Gasteiger partial charge in [0.05, 0.1) is 24.8 Å². The van der Waals surface area contributed by atoms with E-state index in [9.17, 15) is 18.0 Å². The Kier molecular flexibility index (Phi) is 11.3. The van der Waals surface area contributed by atoms with E-state index in [0.29, 0.717) is 5.75 Å². The molecule has 4 rings (SSSR count). The van der Waals surface area contributed by atoms with Crippen molar-refractivity contribution in [2.45, 2.75) is 57.1 Å². The molecule has 0 aliphatic rings. The van der Waals surface area contributed by atoms with Crippen LogP contribution in [0, 0.1) is 6.92 Å². The van der Waals surface area contributed by atoms with Gasteiger partial charge < -0.3 is 19.7 Å². The second-order valence-electron chi connectivity index (χ2n) is 12.3. The molecule has 0 fully saturated rings. The highest BCUT2D eigenvalue weighted by atomic mass is 32.2. The highest BCUT2D eigenvalue weighted by molar-refractivity contribution is 7.92. The first-order valence-electron chi connectivity index (χ1n) is 15.3. The number of anilines is 1. The van der Waals surface area contributed by atoms with E-state index in [1.165, 1.54) is 37.3 Å². The maximum absolute atomic E-state index is 14.7. The minimum absolute atomic E-state index is 0.00549. The number of nitrogens with zero attached hydrogens (tertiary/aromatic N) is 2. The molecule has 4 aromatic rings. The first-order chi connectivity index (χ1) is 22.3. The molecule has 2 amide bonds. The highest BCUT2D eigenvalue weighted by Crippen LogP contribution is 2.36. The fourth-order valence-electron chi connectivity index (χ4n) is 5.12. The number of hydrogen-bond acceptors (Lipinski definition) is 6. The summed E-state index contributed by atoms with van der Waals surface area (Å²) in [6, 6.07) is 28.8. The van der Waals surface area contributed by atoms with Crippen LogP contribution in [0.1, 0.15) is 37.5 Å². The molecule has 0 heterocycles. The van der Waals surface area contributed by atoms with Gasteiger partial charge in [-0.3, -0.25) is 13.9 Å². The smallest absolute Gasteiger partial charge is 0.264 e. The zero-order chi connectivity index (χ0) is 34.2. The van der Waals surface area contributed by atoms with E-state index in [-0.39, 0.29) is 35.2 Å². The maximum atomic E-state index is 14.7.